The molecule has 0 spiro atoms. The van der Waals surface area contributed by atoms with Gasteiger partial charge in [-0.15, -0.1) is 0 Å². The van der Waals surface area contributed by atoms with Crippen LogP contribution in [0.1, 0.15) is 17.7 Å². The Morgan fingerprint density at radius 2 is 1.96 bits per heavy atom. The van der Waals surface area contributed by atoms with Gasteiger partial charge in [0.05, 0.1) is 23.8 Å². The number of alkyl halides is 2. The molecule has 5 nitrogen and oxygen atoms in total. The minimum Gasteiger partial charge on any atom is -0.362 e. The van der Waals surface area contributed by atoms with E-state index >= 15 is 0 Å². The van der Waals surface area contributed by atoms with Crippen LogP contribution in [0.4, 0.5) is 14.6 Å². The van der Waals surface area contributed by atoms with Crippen LogP contribution in [0, 0.1) is 13.5 Å². The number of hydrogen-bond acceptors (Lipinski definition) is 3. The molecule has 0 bridgehead atoms. The van der Waals surface area contributed by atoms with Crippen LogP contribution in [-0.2, 0) is 0 Å². The quantitative estimate of drug-likeness (QED) is 0.468. The van der Waals surface area contributed by atoms with Crippen LogP contribution < -0.4 is 0 Å². The first-order chi connectivity index (χ1) is 13.1. The highest BCUT2D eigenvalue weighted by molar-refractivity contribution is 5.82. The SMILES string of the molecule is [C-]#[N+]c1cnc2ccc(-c3c(C(F)F)ccnc3-c3cccc(C)n3)cn12. The smallest absolute Gasteiger partial charge is 0.264 e. The molecule has 0 aliphatic carbocycles. The molecule has 0 radical (unpaired) electrons. The predicted octanol–water partition coefficient (Wildman–Crippen LogP) is 5.26. The number of aromatic nitrogens is 4. The maximum atomic E-state index is 13.8. The van der Waals surface area contributed by atoms with Crippen LogP contribution >= 0.6 is 0 Å². The van der Waals surface area contributed by atoms with Crippen LogP contribution in [0.15, 0.2) is 55.0 Å². The summed E-state index contributed by atoms with van der Waals surface area (Å²) in [4.78, 5) is 16.3. The molecule has 27 heavy (non-hydrogen) atoms. The summed E-state index contributed by atoms with van der Waals surface area (Å²) in [5, 5.41) is 0. The van der Waals surface area contributed by atoms with Gasteiger partial charge in [0.25, 0.3) is 12.2 Å². The monoisotopic (exact) mass is 361 g/mol. The Morgan fingerprint density at radius 3 is 2.70 bits per heavy atom. The summed E-state index contributed by atoms with van der Waals surface area (Å²) in [6, 6.07) is 10.1. The molecule has 0 fully saturated rings. The van der Waals surface area contributed by atoms with Crippen molar-refractivity contribution in [1.82, 2.24) is 19.4 Å². The highest BCUT2D eigenvalue weighted by Crippen LogP contribution is 2.37. The number of aryl methyl sites for hydroxylation is 1. The molecule has 0 saturated carbocycles. The molecular formula is C20H13F2N5. The number of fused-ring (bicyclic) bond motifs is 1. The first kappa shape index (κ1) is 16.8. The number of hydrogen-bond donors (Lipinski definition) is 0. The van der Waals surface area contributed by atoms with Gasteiger partial charge in [-0.3, -0.25) is 9.97 Å². The summed E-state index contributed by atoms with van der Waals surface area (Å²) >= 11 is 0. The van der Waals surface area contributed by atoms with Gasteiger partial charge in [0, 0.05) is 34.6 Å². The first-order valence-corrected chi connectivity index (χ1v) is 8.14. The number of pyridine rings is 3. The van der Waals surface area contributed by atoms with E-state index in [4.69, 9.17) is 6.57 Å². The molecule has 0 aromatic carbocycles. The summed E-state index contributed by atoms with van der Waals surface area (Å²) in [5.74, 6) is 0.310. The third-order valence-electron chi connectivity index (χ3n) is 4.24. The van der Waals surface area contributed by atoms with Crippen molar-refractivity contribution in [2.24, 2.45) is 0 Å². The molecule has 0 atom stereocenters. The van der Waals surface area contributed by atoms with Crippen molar-refractivity contribution in [3.63, 3.8) is 0 Å². The van der Waals surface area contributed by atoms with Crippen LogP contribution in [0.2, 0.25) is 0 Å². The molecular weight excluding hydrogens is 348 g/mol. The summed E-state index contributed by atoms with van der Waals surface area (Å²) in [6.07, 6.45) is 1.78. The van der Waals surface area contributed by atoms with E-state index in [2.05, 4.69) is 19.8 Å². The van der Waals surface area contributed by atoms with Crippen LogP contribution in [-0.4, -0.2) is 19.4 Å². The van der Waals surface area contributed by atoms with Crippen molar-refractivity contribution in [2.75, 3.05) is 0 Å². The molecule has 4 rings (SSSR count). The van der Waals surface area contributed by atoms with Gasteiger partial charge in [0.15, 0.2) is 0 Å². The molecule has 0 unspecified atom stereocenters. The molecule has 132 valence electrons. The topological polar surface area (TPSA) is 47.4 Å². The lowest BCUT2D eigenvalue weighted by molar-refractivity contribution is 0.152. The molecule has 4 aromatic heterocycles. The van der Waals surface area contributed by atoms with Gasteiger partial charge in [-0.1, -0.05) is 12.6 Å². The van der Waals surface area contributed by atoms with E-state index in [0.717, 1.165) is 5.69 Å². The number of halogens is 2. The Hall–Kier alpha value is -3.66. The predicted molar refractivity (Wildman–Crippen MR) is 97.6 cm³/mol. The molecule has 0 N–H and O–H groups in total. The second-order valence-electron chi connectivity index (χ2n) is 5.96. The van der Waals surface area contributed by atoms with Gasteiger partial charge in [-0.25, -0.2) is 18.2 Å². The molecule has 0 aliphatic rings. The first-order valence-electron chi connectivity index (χ1n) is 8.14. The minimum atomic E-state index is -2.68. The van der Waals surface area contributed by atoms with E-state index in [1.165, 1.54) is 18.5 Å². The maximum Gasteiger partial charge on any atom is 0.264 e. The summed E-state index contributed by atoms with van der Waals surface area (Å²) in [5.41, 5.74) is 2.92. The summed E-state index contributed by atoms with van der Waals surface area (Å²) in [6.45, 7) is 9.08. The van der Waals surface area contributed by atoms with E-state index < -0.39 is 6.43 Å². The van der Waals surface area contributed by atoms with Crippen molar-refractivity contribution < 1.29 is 8.78 Å². The number of imidazole rings is 1. The van der Waals surface area contributed by atoms with Gasteiger partial charge in [-0.2, -0.15) is 0 Å². The maximum absolute atomic E-state index is 13.8. The van der Waals surface area contributed by atoms with Crippen molar-refractivity contribution in [1.29, 1.82) is 0 Å². The molecule has 4 aromatic rings. The Kier molecular flexibility index (Phi) is 4.09. The lowest BCUT2D eigenvalue weighted by Gasteiger charge is -2.13. The summed E-state index contributed by atoms with van der Waals surface area (Å²) < 4.78 is 29.1. The fraction of sp³-hybridized carbons (Fsp3) is 0.100. The minimum absolute atomic E-state index is 0.132. The number of nitrogens with zero attached hydrogens (tertiary/aromatic N) is 5. The highest BCUT2D eigenvalue weighted by atomic mass is 19.3. The van der Waals surface area contributed by atoms with E-state index in [9.17, 15) is 8.78 Å². The zero-order chi connectivity index (χ0) is 19.0. The Balaban J connectivity index is 2.03. The highest BCUT2D eigenvalue weighted by Gasteiger charge is 2.22. The molecule has 0 saturated heterocycles. The third kappa shape index (κ3) is 2.91. The molecule has 7 heteroatoms. The second-order valence-corrected chi connectivity index (χ2v) is 5.96. The Bertz CT molecular complexity index is 1190. The zero-order valence-corrected chi connectivity index (χ0v) is 14.3. The van der Waals surface area contributed by atoms with Crippen molar-refractivity contribution in [2.45, 2.75) is 13.3 Å². The Morgan fingerprint density at radius 1 is 1.11 bits per heavy atom. The van der Waals surface area contributed by atoms with Gasteiger partial charge in [0.1, 0.15) is 0 Å². The normalized spacial score (nSPS) is 11.1. The third-order valence-corrected chi connectivity index (χ3v) is 4.24. The van der Waals surface area contributed by atoms with Crippen molar-refractivity contribution in [3.8, 4) is 22.5 Å². The van der Waals surface area contributed by atoms with E-state index in [1.807, 2.05) is 19.1 Å². The van der Waals surface area contributed by atoms with Crippen LogP contribution in [0.5, 0.6) is 0 Å². The van der Waals surface area contributed by atoms with Crippen molar-refractivity contribution in [3.05, 3.63) is 77.7 Å². The van der Waals surface area contributed by atoms with Crippen molar-refractivity contribution >= 4 is 11.5 Å². The van der Waals surface area contributed by atoms with E-state index in [1.54, 1.807) is 28.8 Å². The van der Waals surface area contributed by atoms with E-state index in [0.29, 0.717) is 34.0 Å². The largest absolute Gasteiger partial charge is 0.362 e. The fourth-order valence-electron chi connectivity index (χ4n) is 3.03. The summed E-state index contributed by atoms with van der Waals surface area (Å²) in [7, 11) is 0. The van der Waals surface area contributed by atoms with Crippen LogP contribution in [0.3, 0.4) is 0 Å². The Labute approximate surface area is 153 Å². The van der Waals surface area contributed by atoms with Gasteiger partial charge in [-0.05, 0) is 31.2 Å². The average Bonchev–Trinajstić information content (AvgIpc) is 3.09. The van der Waals surface area contributed by atoms with E-state index in [-0.39, 0.29) is 5.56 Å². The average molecular weight is 361 g/mol. The molecule has 4 heterocycles. The standard InChI is InChI=1S/C20H13F2N5/c1-12-4-3-5-15(26-12)19-18(14(20(21)22)8-9-24-19)13-6-7-16-25-10-17(23-2)27(16)11-13/h3-11,20H,1H3. The van der Waals surface area contributed by atoms with Crippen LogP contribution in [0.25, 0.3) is 33.0 Å². The fourth-order valence-corrected chi connectivity index (χ4v) is 3.03. The number of rotatable bonds is 3. The lowest BCUT2D eigenvalue weighted by atomic mass is 9.98. The lowest BCUT2D eigenvalue weighted by Crippen LogP contribution is -1.99. The van der Waals surface area contributed by atoms with Gasteiger partial charge < -0.3 is 4.85 Å². The molecule has 0 aliphatic heterocycles. The second kappa shape index (κ2) is 6.57. The van der Waals surface area contributed by atoms with Gasteiger partial charge >= 0.3 is 0 Å². The zero-order valence-electron chi connectivity index (χ0n) is 14.3. The molecule has 0 amide bonds. The van der Waals surface area contributed by atoms with Gasteiger partial charge in [0.2, 0.25) is 5.65 Å².